The molecule has 4 nitrogen and oxygen atoms in total. The molecule has 0 N–H and O–H groups in total. The van der Waals surface area contributed by atoms with Crippen molar-refractivity contribution < 1.29 is 4.79 Å². The van der Waals surface area contributed by atoms with Crippen molar-refractivity contribution in [2.24, 2.45) is 0 Å². The molecule has 0 radical (unpaired) electrons. The highest BCUT2D eigenvalue weighted by molar-refractivity contribution is 7.98. The molecule has 0 bridgehead atoms. The fourth-order valence-corrected chi connectivity index (χ4v) is 3.87. The van der Waals surface area contributed by atoms with Gasteiger partial charge in [0.1, 0.15) is 0 Å². The maximum absolute atomic E-state index is 13.1. The van der Waals surface area contributed by atoms with Gasteiger partial charge in [-0.05, 0) is 67.1 Å². The Bertz CT molecular complexity index is 1070. The third-order valence-corrected chi connectivity index (χ3v) is 5.84. The van der Waals surface area contributed by atoms with Crippen LogP contribution in [-0.4, -0.2) is 23.8 Å². The SMILES string of the molecule is CCn1c(=O)cc(C(C)C)c2cc(C(=O)N(C)c3ccc(SC)cc3)ccc21. The number of carbonyl (C=O) groups excluding carboxylic acids is 1. The number of hydrogen-bond donors (Lipinski definition) is 0. The van der Waals surface area contributed by atoms with Crippen LogP contribution in [0.1, 0.15) is 42.6 Å². The molecule has 0 saturated heterocycles. The van der Waals surface area contributed by atoms with Crippen molar-refractivity contribution in [2.75, 3.05) is 18.2 Å². The lowest BCUT2D eigenvalue weighted by Crippen LogP contribution is -2.26. The second-order valence-corrected chi connectivity index (χ2v) is 8.01. The van der Waals surface area contributed by atoms with E-state index in [0.29, 0.717) is 12.1 Å². The van der Waals surface area contributed by atoms with E-state index < -0.39 is 0 Å². The summed E-state index contributed by atoms with van der Waals surface area (Å²) in [5.74, 6) is 0.131. The lowest BCUT2D eigenvalue weighted by molar-refractivity contribution is 0.0993. The van der Waals surface area contributed by atoms with Crippen molar-refractivity contribution in [3.8, 4) is 0 Å². The van der Waals surface area contributed by atoms with Gasteiger partial charge in [0.05, 0.1) is 5.52 Å². The average molecular weight is 395 g/mol. The van der Waals surface area contributed by atoms with E-state index >= 15 is 0 Å². The molecule has 146 valence electrons. The molecule has 1 amide bonds. The van der Waals surface area contributed by atoms with Crippen molar-refractivity contribution in [3.63, 3.8) is 0 Å². The van der Waals surface area contributed by atoms with Crippen LogP contribution in [0.5, 0.6) is 0 Å². The molecule has 0 saturated carbocycles. The number of aromatic nitrogens is 1. The first kappa shape index (κ1) is 20.2. The molecular weight excluding hydrogens is 368 g/mol. The van der Waals surface area contributed by atoms with Crippen LogP contribution in [0, 0.1) is 0 Å². The quantitative estimate of drug-likeness (QED) is 0.563. The van der Waals surface area contributed by atoms with Crippen LogP contribution in [0.4, 0.5) is 5.69 Å². The summed E-state index contributed by atoms with van der Waals surface area (Å²) >= 11 is 1.67. The van der Waals surface area contributed by atoms with Crippen LogP contribution < -0.4 is 10.5 Å². The Morgan fingerprint density at radius 1 is 1.11 bits per heavy atom. The molecule has 0 aliphatic heterocycles. The number of aryl methyl sites for hydroxylation is 1. The minimum absolute atomic E-state index is 0.00350. The largest absolute Gasteiger partial charge is 0.311 e. The second-order valence-electron chi connectivity index (χ2n) is 7.13. The molecule has 28 heavy (non-hydrogen) atoms. The van der Waals surface area contributed by atoms with E-state index in [4.69, 9.17) is 0 Å². The van der Waals surface area contributed by atoms with Gasteiger partial charge in [0.25, 0.3) is 11.5 Å². The number of benzene rings is 2. The zero-order valence-corrected chi connectivity index (χ0v) is 17.8. The number of carbonyl (C=O) groups is 1. The first-order valence-electron chi connectivity index (χ1n) is 9.47. The van der Waals surface area contributed by atoms with E-state index in [1.807, 2.05) is 55.6 Å². The summed E-state index contributed by atoms with van der Waals surface area (Å²) in [6.07, 6.45) is 2.03. The molecular formula is C23H26N2O2S. The van der Waals surface area contributed by atoms with E-state index in [9.17, 15) is 9.59 Å². The first-order chi connectivity index (χ1) is 13.4. The first-order valence-corrected chi connectivity index (χ1v) is 10.7. The number of anilines is 1. The van der Waals surface area contributed by atoms with Crippen molar-refractivity contribution in [1.82, 2.24) is 4.57 Å². The highest BCUT2D eigenvalue weighted by atomic mass is 32.2. The molecule has 0 spiro atoms. The molecule has 0 fully saturated rings. The fraction of sp³-hybridized carbons (Fsp3) is 0.304. The van der Waals surface area contributed by atoms with Gasteiger partial charge in [-0.25, -0.2) is 0 Å². The summed E-state index contributed by atoms with van der Waals surface area (Å²) in [5.41, 5.74) is 3.33. The third-order valence-electron chi connectivity index (χ3n) is 5.09. The molecule has 0 aliphatic carbocycles. The van der Waals surface area contributed by atoms with Gasteiger partial charge in [0.15, 0.2) is 0 Å². The van der Waals surface area contributed by atoms with E-state index in [2.05, 4.69) is 13.8 Å². The standard InChI is InChI=1S/C23H26N2O2S/c1-6-25-21-12-7-16(13-20(21)19(15(2)3)14-22(25)26)23(27)24(4)17-8-10-18(28-5)11-9-17/h7-15H,6H2,1-5H3. The lowest BCUT2D eigenvalue weighted by atomic mass is 9.97. The Morgan fingerprint density at radius 2 is 1.79 bits per heavy atom. The molecule has 3 aromatic rings. The van der Waals surface area contributed by atoms with Gasteiger partial charge in [-0.2, -0.15) is 0 Å². The van der Waals surface area contributed by atoms with Crippen molar-refractivity contribution in [2.45, 2.75) is 38.1 Å². The Hall–Kier alpha value is -2.53. The number of hydrogen-bond acceptors (Lipinski definition) is 3. The van der Waals surface area contributed by atoms with E-state index in [0.717, 1.165) is 27.0 Å². The molecule has 0 aliphatic rings. The predicted molar refractivity (Wildman–Crippen MR) is 119 cm³/mol. The summed E-state index contributed by atoms with van der Waals surface area (Å²) in [6.45, 7) is 6.69. The van der Waals surface area contributed by atoms with Gasteiger partial charge in [0, 0.05) is 41.2 Å². The van der Waals surface area contributed by atoms with E-state index in [-0.39, 0.29) is 17.4 Å². The fourth-order valence-electron chi connectivity index (χ4n) is 3.46. The lowest BCUT2D eigenvalue weighted by Gasteiger charge is -2.19. The number of pyridine rings is 1. The van der Waals surface area contributed by atoms with E-state index in [1.54, 1.807) is 34.3 Å². The maximum Gasteiger partial charge on any atom is 0.258 e. The van der Waals surface area contributed by atoms with Crippen molar-refractivity contribution in [3.05, 3.63) is 70.0 Å². The zero-order valence-electron chi connectivity index (χ0n) is 17.0. The monoisotopic (exact) mass is 394 g/mol. The Morgan fingerprint density at radius 3 is 2.36 bits per heavy atom. The molecule has 0 unspecified atom stereocenters. The Kier molecular flexibility index (Phi) is 5.94. The van der Waals surface area contributed by atoms with Crippen molar-refractivity contribution in [1.29, 1.82) is 0 Å². The number of rotatable bonds is 5. The molecule has 0 atom stereocenters. The summed E-state index contributed by atoms with van der Waals surface area (Å²) < 4.78 is 1.75. The molecule has 5 heteroatoms. The zero-order chi connectivity index (χ0) is 20.4. The van der Waals surface area contributed by atoms with Gasteiger partial charge in [0.2, 0.25) is 0 Å². The van der Waals surface area contributed by atoms with Crippen molar-refractivity contribution >= 4 is 34.3 Å². The van der Waals surface area contributed by atoms with Crippen LogP contribution in [0.3, 0.4) is 0 Å². The summed E-state index contributed by atoms with van der Waals surface area (Å²) in [5, 5.41) is 0.966. The van der Waals surface area contributed by atoms with Gasteiger partial charge >= 0.3 is 0 Å². The topological polar surface area (TPSA) is 42.3 Å². The molecule has 2 aromatic carbocycles. The van der Waals surface area contributed by atoms with Crippen LogP contribution in [0.2, 0.25) is 0 Å². The molecule has 1 heterocycles. The van der Waals surface area contributed by atoms with Gasteiger partial charge in [-0.1, -0.05) is 13.8 Å². The molecule has 1 aromatic heterocycles. The summed E-state index contributed by atoms with van der Waals surface area (Å²) in [6, 6.07) is 15.3. The predicted octanol–water partition coefficient (Wildman–Crippen LogP) is 5.14. The second kappa shape index (κ2) is 8.23. The van der Waals surface area contributed by atoms with Crippen LogP contribution >= 0.6 is 11.8 Å². The number of nitrogens with zero attached hydrogens (tertiary/aromatic N) is 2. The highest BCUT2D eigenvalue weighted by Crippen LogP contribution is 2.27. The van der Waals surface area contributed by atoms with Gasteiger partial charge in [-0.3, -0.25) is 9.59 Å². The number of fused-ring (bicyclic) bond motifs is 1. The van der Waals surface area contributed by atoms with Crippen LogP contribution in [0.25, 0.3) is 10.9 Å². The Balaban J connectivity index is 2.07. The minimum Gasteiger partial charge on any atom is -0.311 e. The Labute approximate surface area is 170 Å². The number of amides is 1. The summed E-state index contributed by atoms with van der Waals surface area (Å²) in [7, 11) is 1.79. The van der Waals surface area contributed by atoms with Gasteiger partial charge < -0.3 is 9.47 Å². The number of thioether (sulfide) groups is 1. The van der Waals surface area contributed by atoms with Gasteiger partial charge in [-0.15, -0.1) is 11.8 Å². The third kappa shape index (κ3) is 3.72. The maximum atomic E-state index is 13.1. The highest BCUT2D eigenvalue weighted by Gasteiger charge is 2.17. The average Bonchev–Trinajstić information content (AvgIpc) is 2.71. The normalized spacial score (nSPS) is 11.2. The van der Waals surface area contributed by atoms with Crippen LogP contribution in [-0.2, 0) is 6.54 Å². The smallest absolute Gasteiger partial charge is 0.258 e. The van der Waals surface area contributed by atoms with E-state index in [1.165, 1.54) is 0 Å². The molecule has 3 rings (SSSR count). The van der Waals surface area contributed by atoms with Crippen LogP contribution in [0.15, 0.2) is 58.2 Å². The summed E-state index contributed by atoms with van der Waals surface area (Å²) in [4.78, 5) is 28.4. The minimum atomic E-state index is -0.0669.